The molecule has 120 valence electrons. The largest absolute Gasteiger partial charge is 0.378 e. The monoisotopic (exact) mass is 309 g/mol. The van der Waals surface area contributed by atoms with Gasteiger partial charge in [-0.3, -0.25) is 4.79 Å². The van der Waals surface area contributed by atoms with Crippen molar-refractivity contribution in [2.75, 3.05) is 6.61 Å². The average molecular weight is 309 g/mol. The summed E-state index contributed by atoms with van der Waals surface area (Å²) in [5.74, 6) is 7.42. The van der Waals surface area contributed by atoms with Gasteiger partial charge in [0.1, 0.15) is 0 Å². The van der Waals surface area contributed by atoms with Crippen molar-refractivity contribution in [3.63, 3.8) is 0 Å². The molecule has 0 radical (unpaired) electrons. The minimum Gasteiger partial charge on any atom is -0.378 e. The molecule has 1 amide bonds. The number of nitrogens with zero attached hydrogens (tertiary/aromatic N) is 1. The number of rotatable bonds is 2. The zero-order chi connectivity index (χ0) is 15.6. The van der Waals surface area contributed by atoms with Crippen molar-refractivity contribution in [2.45, 2.75) is 57.7 Å². The van der Waals surface area contributed by atoms with E-state index in [1.807, 2.05) is 4.90 Å². The third-order valence-corrected chi connectivity index (χ3v) is 4.96. The Hall–Kier alpha value is -1.79. The molecule has 0 N–H and O–H groups in total. The van der Waals surface area contributed by atoms with Crippen LogP contribution in [0.3, 0.4) is 0 Å². The van der Waals surface area contributed by atoms with E-state index >= 15 is 0 Å². The number of fused-ring (bicyclic) bond motifs is 1. The molecule has 1 aromatic rings. The average Bonchev–Trinajstić information content (AvgIpc) is 3.30. The van der Waals surface area contributed by atoms with Crippen molar-refractivity contribution in [3.05, 3.63) is 34.9 Å². The Morgan fingerprint density at radius 1 is 1.17 bits per heavy atom. The number of hydrogen-bond acceptors (Lipinski definition) is 2. The number of hydrogen-bond donors (Lipinski definition) is 0. The van der Waals surface area contributed by atoms with Crippen LogP contribution in [0, 0.1) is 17.8 Å². The van der Waals surface area contributed by atoms with Crippen molar-refractivity contribution in [2.24, 2.45) is 5.92 Å². The molecule has 1 aliphatic carbocycles. The number of ether oxygens (including phenoxy) is 1. The maximum atomic E-state index is 12.5. The second-order valence-electron chi connectivity index (χ2n) is 6.97. The van der Waals surface area contributed by atoms with E-state index in [4.69, 9.17) is 4.74 Å². The van der Waals surface area contributed by atoms with Crippen LogP contribution in [0.15, 0.2) is 18.2 Å². The molecule has 1 saturated heterocycles. The summed E-state index contributed by atoms with van der Waals surface area (Å²) in [4.78, 5) is 14.5. The third-order valence-electron chi connectivity index (χ3n) is 4.96. The molecule has 2 fully saturated rings. The fraction of sp³-hybridized carbons (Fsp3) is 0.550. The predicted octanol–water partition coefficient (Wildman–Crippen LogP) is 3.25. The van der Waals surface area contributed by atoms with Gasteiger partial charge in [-0.1, -0.05) is 17.9 Å². The first-order valence-electron chi connectivity index (χ1n) is 8.80. The molecule has 1 atom stereocenters. The first kappa shape index (κ1) is 14.8. The number of amides is 1. The Balaban J connectivity index is 1.38. The molecule has 1 aromatic carbocycles. The molecule has 1 unspecified atom stereocenters. The van der Waals surface area contributed by atoms with Gasteiger partial charge in [-0.25, -0.2) is 0 Å². The highest BCUT2D eigenvalue weighted by Crippen LogP contribution is 2.28. The topological polar surface area (TPSA) is 29.5 Å². The normalized spacial score (nSPS) is 23.1. The van der Waals surface area contributed by atoms with E-state index in [0.717, 1.165) is 38.1 Å². The molecule has 0 aromatic heterocycles. The molecule has 4 rings (SSSR count). The van der Waals surface area contributed by atoms with Gasteiger partial charge in [-0.15, -0.1) is 0 Å². The first-order valence-corrected chi connectivity index (χ1v) is 8.80. The summed E-state index contributed by atoms with van der Waals surface area (Å²) >= 11 is 0. The maximum Gasteiger partial charge on any atom is 0.225 e. The van der Waals surface area contributed by atoms with Gasteiger partial charge in [0.2, 0.25) is 5.91 Å². The van der Waals surface area contributed by atoms with Gasteiger partial charge >= 0.3 is 0 Å². The lowest BCUT2D eigenvalue weighted by Gasteiger charge is -2.24. The third kappa shape index (κ3) is 3.59. The Kier molecular flexibility index (Phi) is 4.10. The summed E-state index contributed by atoms with van der Waals surface area (Å²) in [6.07, 6.45) is 6.49. The van der Waals surface area contributed by atoms with Crippen molar-refractivity contribution >= 4 is 5.91 Å². The van der Waals surface area contributed by atoms with Gasteiger partial charge < -0.3 is 9.64 Å². The highest BCUT2D eigenvalue weighted by Gasteiger charge is 2.26. The number of carbonyl (C=O) groups is 1. The smallest absolute Gasteiger partial charge is 0.225 e. The van der Waals surface area contributed by atoms with Crippen LogP contribution in [0.5, 0.6) is 0 Å². The van der Waals surface area contributed by atoms with Crippen LogP contribution in [0.25, 0.3) is 0 Å². The molecule has 23 heavy (non-hydrogen) atoms. The number of carbonyl (C=O) groups excluding carboxylic acids is 1. The standard InChI is InChI=1S/C20H23NO2/c22-20(12-19-3-1-2-10-23-19)21-13-17-9-8-16(11-18(17)14-21)7-6-15-4-5-15/h8-9,11,15,19H,1-5,10,12-14H2. The van der Waals surface area contributed by atoms with Crippen LogP contribution < -0.4 is 0 Å². The lowest BCUT2D eigenvalue weighted by molar-refractivity contribution is -0.135. The molecule has 0 bridgehead atoms. The van der Waals surface area contributed by atoms with Gasteiger partial charge in [-0.2, -0.15) is 0 Å². The van der Waals surface area contributed by atoms with Crippen LogP contribution in [-0.2, 0) is 22.6 Å². The Morgan fingerprint density at radius 2 is 2.04 bits per heavy atom. The van der Waals surface area contributed by atoms with Gasteiger partial charge in [0.05, 0.1) is 12.5 Å². The first-order chi connectivity index (χ1) is 11.3. The van der Waals surface area contributed by atoms with Crippen molar-refractivity contribution in [3.8, 4) is 11.8 Å². The Morgan fingerprint density at radius 3 is 2.83 bits per heavy atom. The second-order valence-corrected chi connectivity index (χ2v) is 6.97. The molecule has 0 spiro atoms. The summed E-state index contributed by atoms with van der Waals surface area (Å²) in [7, 11) is 0. The SMILES string of the molecule is O=C(CC1CCCCO1)N1Cc2ccc(C#CC3CC3)cc2C1. The van der Waals surface area contributed by atoms with Crippen LogP contribution in [0.1, 0.15) is 55.2 Å². The molecule has 1 saturated carbocycles. The Bertz CT molecular complexity index is 660. The quantitative estimate of drug-likeness (QED) is 0.785. The van der Waals surface area contributed by atoms with Crippen LogP contribution in [0.2, 0.25) is 0 Å². The molecule has 3 nitrogen and oxygen atoms in total. The van der Waals surface area contributed by atoms with Gasteiger partial charge in [0, 0.05) is 31.2 Å². The van der Waals surface area contributed by atoms with E-state index in [-0.39, 0.29) is 12.0 Å². The molecule has 2 aliphatic heterocycles. The zero-order valence-corrected chi connectivity index (χ0v) is 13.5. The summed E-state index contributed by atoms with van der Waals surface area (Å²) in [6, 6.07) is 6.39. The maximum absolute atomic E-state index is 12.5. The molecular weight excluding hydrogens is 286 g/mol. The van der Waals surface area contributed by atoms with Gasteiger partial charge in [0.25, 0.3) is 0 Å². The second kappa shape index (κ2) is 6.37. The van der Waals surface area contributed by atoms with Gasteiger partial charge in [0.15, 0.2) is 0 Å². The molecule has 3 aliphatic rings. The van der Waals surface area contributed by atoms with Gasteiger partial charge in [-0.05, 0) is 55.4 Å². The van der Waals surface area contributed by atoms with E-state index in [1.54, 1.807) is 0 Å². The van der Waals surface area contributed by atoms with E-state index < -0.39 is 0 Å². The fourth-order valence-electron chi connectivity index (χ4n) is 3.35. The number of benzene rings is 1. The minimum absolute atomic E-state index is 0.125. The highest BCUT2D eigenvalue weighted by molar-refractivity contribution is 5.77. The zero-order valence-electron chi connectivity index (χ0n) is 13.5. The summed E-state index contributed by atoms with van der Waals surface area (Å²) < 4.78 is 5.70. The lowest BCUT2D eigenvalue weighted by atomic mass is 10.1. The van der Waals surface area contributed by atoms with E-state index in [2.05, 4.69) is 30.0 Å². The van der Waals surface area contributed by atoms with Crippen LogP contribution in [0.4, 0.5) is 0 Å². The summed E-state index contributed by atoms with van der Waals surface area (Å²) in [5.41, 5.74) is 3.60. The fourth-order valence-corrected chi connectivity index (χ4v) is 3.35. The summed E-state index contributed by atoms with van der Waals surface area (Å²) in [5, 5.41) is 0. The van der Waals surface area contributed by atoms with E-state index in [9.17, 15) is 4.79 Å². The van der Waals surface area contributed by atoms with E-state index in [0.29, 0.717) is 12.3 Å². The lowest BCUT2D eigenvalue weighted by Crippen LogP contribution is -2.31. The van der Waals surface area contributed by atoms with Crippen LogP contribution >= 0.6 is 0 Å². The van der Waals surface area contributed by atoms with Crippen LogP contribution in [-0.4, -0.2) is 23.5 Å². The van der Waals surface area contributed by atoms with Crippen molar-refractivity contribution in [1.82, 2.24) is 4.90 Å². The van der Waals surface area contributed by atoms with Crippen molar-refractivity contribution < 1.29 is 9.53 Å². The minimum atomic E-state index is 0.125. The molecule has 2 heterocycles. The highest BCUT2D eigenvalue weighted by atomic mass is 16.5. The summed E-state index contributed by atoms with van der Waals surface area (Å²) in [6.45, 7) is 2.26. The Labute approximate surface area is 138 Å². The molecular formula is C20H23NO2. The molecule has 3 heteroatoms. The predicted molar refractivity (Wildman–Crippen MR) is 88.5 cm³/mol. The van der Waals surface area contributed by atoms with Crippen molar-refractivity contribution in [1.29, 1.82) is 0 Å². The van der Waals surface area contributed by atoms with E-state index in [1.165, 1.54) is 30.4 Å².